The number of aliphatic carboxylic acids is 1. The van der Waals surface area contributed by atoms with Crippen LogP contribution >= 0.6 is 0 Å². The first-order valence-corrected chi connectivity index (χ1v) is 3.14. The summed E-state index contributed by atoms with van der Waals surface area (Å²) < 4.78 is 27.4. The largest absolute Gasteiger partial charge is 0.481 e. The van der Waals surface area contributed by atoms with Crippen LogP contribution in [0.1, 0.15) is 13.3 Å². The molecule has 0 aliphatic carbocycles. The minimum atomic E-state index is -2.54. The molecule has 0 aromatic heterocycles. The Hall–Kier alpha value is -0.710. The standard InChI is InChI=1S/C6H10F2O3/c1-4(2-6(9)10)11-3-5(7)8/h4-5H,2-3H2,1H3,(H,9,10)/t4-/m0/s1. The normalized spacial score (nSPS) is 13.5. The van der Waals surface area contributed by atoms with Gasteiger partial charge in [-0.25, -0.2) is 8.78 Å². The molecule has 1 atom stereocenters. The van der Waals surface area contributed by atoms with Crippen LogP contribution in [0.3, 0.4) is 0 Å². The van der Waals surface area contributed by atoms with Crippen LogP contribution < -0.4 is 0 Å². The number of ether oxygens (including phenoxy) is 1. The van der Waals surface area contributed by atoms with Gasteiger partial charge in [0.25, 0.3) is 6.43 Å². The van der Waals surface area contributed by atoms with Crippen LogP contribution in [-0.4, -0.2) is 30.2 Å². The molecule has 0 radical (unpaired) electrons. The summed E-state index contributed by atoms with van der Waals surface area (Å²) in [6, 6.07) is 0. The van der Waals surface area contributed by atoms with Crippen molar-refractivity contribution in [1.82, 2.24) is 0 Å². The lowest BCUT2D eigenvalue weighted by molar-refractivity contribution is -0.140. The van der Waals surface area contributed by atoms with Gasteiger partial charge in [-0.1, -0.05) is 0 Å². The molecule has 0 amide bonds. The van der Waals surface area contributed by atoms with Crippen molar-refractivity contribution in [3.8, 4) is 0 Å². The van der Waals surface area contributed by atoms with Crippen molar-refractivity contribution in [2.24, 2.45) is 0 Å². The molecule has 5 heteroatoms. The van der Waals surface area contributed by atoms with Gasteiger partial charge in [0.1, 0.15) is 6.61 Å². The quantitative estimate of drug-likeness (QED) is 0.669. The fourth-order valence-corrected chi connectivity index (χ4v) is 0.542. The molecule has 0 aromatic carbocycles. The summed E-state index contributed by atoms with van der Waals surface area (Å²) >= 11 is 0. The first-order chi connectivity index (χ1) is 5.02. The second kappa shape index (κ2) is 5.01. The Labute approximate surface area is 63.0 Å². The Balaban J connectivity index is 3.37. The summed E-state index contributed by atoms with van der Waals surface area (Å²) in [4.78, 5) is 9.99. The van der Waals surface area contributed by atoms with Crippen LogP contribution in [-0.2, 0) is 9.53 Å². The highest BCUT2D eigenvalue weighted by atomic mass is 19.3. The van der Waals surface area contributed by atoms with Gasteiger partial charge in [0.2, 0.25) is 0 Å². The lowest BCUT2D eigenvalue weighted by Crippen LogP contribution is -2.17. The molecule has 0 aliphatic heterocycles. The number of carboxylic acid groups (broad SMARTS) is 1. The van der Waals surface area contributed by atoms with Gasteiger partial charge in [-0.15, -0.1) is 0 Å². The summed E-state index contributed by atoms with van der Waals surface area (Å²) in [5.41, 5.74) is 0. The number of carbonyl (C=O) groups is 1. The highest BCUT2D eigenvalue weighted by molar-refractivity contribution is 5.67. The molecular weight excluding hydrogens is 158 g/mol. The molecule has 0 fully saturated rings. The molecule has 1 N–H and O–H groups in total. The van der Waals surface area contributed by atoms with Crippen LogP contribution in [0, 0.1) is 0 Å². The van der Waals surface area contributed by atoms with Crippen molar-refractivity contribution in [3.63, 3.8) is 0 Å². The molecule has 0 unspecified atom stereocenters. The molecule has 0 spiro atoms. The van der Waals surface area contributed by atoms with E-state index in [0.29, 0.717) is 0 Å². The fraction of sp³-hybridized carbons (Fsp3) is 0.833. The third-order valence-corrected chi connectivity index (χ3v) is 0.969. The lowest BCUT2D eigenvalue weighted by atomic mass is 10.3. The van der Waals surface area contributed by atoms with E-state index in [0.717, 1.165) is 0 Å². The highest BCUT2D eigenvalue weighted by Crippen LogP contribution is 2.00. The summed E-state index contributed by atoms with van der Waals surface area (Å²) in [5.74, 6) is -1.05. The number of hydrogen-bond donors (Lipinski definition) is 1. The number of rotatable bonds is 5. The molecule has 0 bridgehead atoms. The van der Waals surface area contributed by atoms with Crippen molar-refractivity contribution >= 4 is 5.97 Å². The first-order valence-electron chi connectivity index (χ1n) is 3.14. The molecule has 66 valence electrons. The van der Waals surface area contributed by atoms with Crippen molar-refractivity contribution in [2.75, 3.05) is 6.61 Å². The molecular formula is C6H10F2O3. The lowest BCUT2D eigenvalue weighted by Gasteiger charge is -2.09. The molecule has 3 nitrogen and oxygen atoms in total. The van der Waals surface area contributed by atoms with E-state index in [-0.39, 0.29) is 6.42 Å². The smallest absolute Gasteiger partial charge is 0.305 e. The first kappa shape index (κ1) is 10.3. The summed E-state index contributed by atoms with van der Waals surface area (Å²) in [6.45, 7) is 0.741. The molecule has 0 heterocycles. The monoisotopic (exact) mass is 168 g/mol. The summed E-state index contributed by atoms with van der Waals surface area (Å²) in [5, 5.41) is 8.18. The zero-order chi connectivity index (χ0) is 8.85. The summed E-state index contributed by atoms with van der Waals surface area (Å²) in [6.07, 6.45) is -3.43. The van der Waals surface area contributed by atoms with Crippen LogP contribution in [0.5, 0.6) is 0 Å². The van der Waals surface area contributed by atoms with Crippen LogP contribution in [0.2, 0.25) is 0 Å². The molecule has 0 aliphatic rings. The minimum absolute atomic E-state index is 0.243. The number of carboxylic acids is 1. The van der Waals surface area contributed by atoms with Crippen LogP contribution in [0.25, 0.3) is 0 Å². The van der Waals surface area contributed by atoms with Crippen molar-refractivity contribution in [1.29, 1.82) is 0 Å². The van der Waals surface area contributed by atoms with E-state index in [2.05, 4.69) is 4.74 Å². The van der Waals surface area contributed by atoms with Crippen LogP contribution in [0.4, 0.5) is 8.78 Å². The predicted octanol–water partition coefficient (Wildman–Crippen LogP) is 1.13. The molecule has 0 saturated heterocycles. The van der Waals surface area contributed by atoms with E-state index in [1.165, 1.54) is 6.92 Å². The minimum Gasteiger partial charge on any atom is -0.481 e. The van der Waals surface area contributed by atoms with E-state index in [1.54, 1.807) is 0 Å². The van der Waals surface area contributed by atoms with Crippen molar-refractivity contribution < 1.29 is 23.4 Å². The van der Waals surface area contributed by atoms with Gasteiger partial charge in [0, 0.05) is 0 Å². The molecule has 0 rings (SSSR count). The van der Waals surface area contributed by atoms with Gasteiger partial charge in [0.05, 0.1) is 12.5 Å². The van der Waals surface area contributed by atoms with E-state index < -0.39 is 25.1 Å². The number of halogens is 2. The zero-order valence-electron chi connectivity index (χ0n) is 6.09. The predicted molar refractivity (Wildman–Crippen MR) is 33.7 cm³/mol. The number of alkyl halides is 2. The van der Waals surface area contributed by atoms with Crippen molar-refractivity contribution in [3.05, 3.63) is 0 Å². The topological polar surface area (TPSA) is 46.5 Å². The van der Waals surface area contributed by atoms with Gasteiger partial charge in [-0.2, -0.15) is 0 Å². The van der Waals surface area contributed by atoms with E-state index in [9.17, 15) is 13.6 Å². The second-order valence-electron chi connectivity index (χ2n) is 2.13. The SMILES string of the molecule is C[C@@H](CC(=O)O)OCC(F)F. The third-order valence-electron chi connectivity index (χ3n) is 0.969. The van der Waals surface area contributed by atoms with Crippen molar-refractivity contribution in [2.45, 2.75) is 25.9 Å². The second-order valence-corrected chi connectivity index (χ2v) is 2.13. The Morgan fingerprint density at radius 2 is 2.18 bits per heavy atom. The van der Waals surface area contributed by atoms with Gasteiger partial charge in [0.15, 0.2) is 0 Å². The van der Waals surface area contributed by atoms with E-state index in [1.807, 2.05) is 0 Å². The molecule has 0 aromatic rings. The number of hydrogen-bond acceptors (Lipinski definition) is 2. The van der Waals surface area contributed by atoms with E-state index in [4.69, 9.17) is 5.11 Å². The Morgan fingerprint density at radius 3 is 2.55 bits per heavy atom. The average Bonchev–Trinajstić information content (AvgIpc) is 1.82. The average molecular weight is 168 g/mol. The molecule has 11 heavy (non-hydrogen) atoms. The maximum atomic E-state index is 11.5. The fourth-order valence-electron chi connectivity index (χ4n) is 0.542. The van der Waals surface area contributed by atoms with Gasteiger partial charge < -0.3 is 9.84 Å². The highest BCUT2D eigenvalue weighted by Gasteiger charge is 2.10. The maximum absolute atomic E-state index is 11.5. The maximum Gasteiger partial charge on any atom is 0.305 e. The van der Waals surface area contributed by atoms with E-state index >= 15 is 0 Å². The Morgan fingerprint density at radius 1 is 1.64 bits per heavy atom. The molecule has 0 saturated carbocycles. The zero-order valence-corrected chi connectivity index (χ0v) is 6.09. The van der Waals surface area contributed by atoms with Crippen LogP contribution in [0.15, 0.2) is 0 Å². The summed E-state index contributed by atoms with van der Waals surface area (Å²) in [7, 11) is 0. The Bertz CT molecular complexity index is 127. The van der Waals surface area contributed by atoms with Gasteiger partial charge in [-0.3, -0.25) is 4.79 Å². The third kappa shape index (κ3) is 7.18. The Kier molecular flexibility index (Phi) is 4.69. The van der Waals surface area contributed by atoms with Gasteiger partial charge >= 0.3 is 5.97 Å². The van der Waals surface area contributed by atoms with Gasteiger partial charge in [-0.05, 0) is 6.92 Å².